The number of esters is 3. The van der Waals surface area contributed by atoms with E-state index in [1.54, 1.807) is 19.9 Å². The molecular formula is C24H34O9. The fourth-order valence-electron chi connectivity index (χ4n) is 5.75. The highest BCUT2D eigenvalue weighted by Gasteiger charge is 2.66. The summed E-state index contributed by atoms with van der Waals surface area (Å²) >= 11 is 0. The van der Waals surface area contributed by atoms with Crippen LogP contribution >= 0.6 is 0 Å². The molecule has 9 nitrogen and oxygen atoms in total. The number of carbonyl (C=O) groups is 3. The molecule has 2 fully saturated rings. The van der Waals surface area contributed by atoms with Gasteiger partial charge in [0.2, 0.25) is 0 Å². The zero-order valence-corrected chi connectivity index (χ0v) is 19.7. The SMILES string of the molecule is C=C1C2[C@H](O)[C@@]3(O)[C@H](/C=C(/C)CC[C@H](OC(C)=O)[C@@]2(C)[C@@H](OC(C)=O)C[C@@H]1O)OC(=O)[C@@H]3C. The van der Waals surface area contributed by atoms with Gasteiger partial charge in [-0.25, -0.2) is 0 Å². The summed E-state index contributed by atoms with van der Waals surface area (Å²) in [6.45, 7) is 11.4. The highest BCUT2D eigenvalue weighted by atomic mass is 16.6. The van der Waals surface area contributed by atoms with Crippen LogP contribution in [0.15, 0.2) is 23.8 Å². The van der Waals surface area contributed by atoms with Crippen molar-refractivity contribution in [1.29, 1.82) is 0 Å². The van der Waals surface area contributed by atoms with Gasteiger partial charge in [-0.05, 0) is 38.3 Å². The fraction of sp³-hybridized carbons (Fsp3) is 0.708. The van der Waals surface area contributed by atoms with Gasteiger partial charge in [-0.2, -0.15) is 0 Å². The Kier molecular flexibility index (Phi) is 6.81. The molecule has 0 spiro atoms. The molecule has 1 heterocycles. The topological polar surface area (TPSA) is 140 Å². The Bertz CT molecular complexity index is 879. The average molecular weight is 467 g/mol. The molecule has 1 unspecified atom stereocenters. The maximum absolute atomic E-state index is 12.5. The van der Waals surface area contributed by atoms with Gasteiger partial charge in [-0.1, -0.05) is 19.1 Å². The Morgan fingerprint density at radius 1 is 1.18 bits per heavy atom. The Hall–Kier alpha value is -2.23. The van der Waals surface area contributed by atoms with Crippen LogP contribution in [-0.4, -0.2) is 69.3 Å². The van der Waals surface area contributed by atoms with Gasteiger partial charge in [0.15, 0.2) is 6.10 Å². The van der Waals surface area contributed by atoms with Crippen molar-refractivity contribution in [2.75, 3.05) is 0 Å². The first-order valence-corrected chi connectivity index (χ1v) is 11.2. The van der Waals surface area contributed by atoms with Crippen LogP contribution in [0.4, 0.5) is 0 Å². The molecule has 3 aliphatic rings. The summed E-state index contributed by atoms with van der Waals surface area (Å²) in [4.78, 5) is 36.5. The molecule has 3 rings (SSSR count). The van der Waals surface area contributed by atoms with Crippen molar-refractivity contribution >= 4 is 17.9 Å². The monoisotopic (exact) mass is 466 g/mol. The summed E-state index contributed by atoms with van der Waals surface area (Å²) in [5, 5.41) is 34.3. The first-order chi connectivity index (χ1) is 15.2. The first-order valence-electron chi connectivity index (χ1n) is 11.2. The van der Waals surface area contributed by atoms with E-state index in [0.29, 0.717) is 12.8 Å². The highest BCUT2D eigenvalue weighted by Crippen LogP contribution is 2.55. The van der Waals surface area contributed by atoms with Gasteiger partial charge in [-0.15, -0.1) is 0 Å². The number of ether oxygens (including phenoxy) is 3. The zero-order chi connectivity index (χ0) is 24.9. The summed E-state index contributed by atoms with van der Waals surface area (Å²) in [7, 11) is 0. The quantitative estimate of drug-likeness (QED) is 0.311. The maximum atomic E-state index is 12.5. The standard InChI is InChI=1S/C24H34O9/c1-11-7-8-17(31-14(4)25)23(6)18(32-15(5)26)10-16(27)12(2)20(23)21(28)24(30)13(3)22(29)33-19(24)9-11/h9,13,16-21,27-28,30H,2,7-8,10H2,1,3-6H3/b11-9-/t13-,16-,17-,18-,19-,20?,21-,23-,24-/m0/s1. The van der Waals surface area contributed by atoms with Crippen molar-refractivity contribution in [2.45, 2.75) is 90.0 Å². The lowest BCUT2D eigenvalue weighted by atomic mass is 9.54. The van der Waals surface area contributed by atoms with Crippen LogP contribution in [0.2, 0.25) is 0 Å². The Balaban J connectivity index is 2.27. The number of rotatable bonds is 2. The van der Waals surface area contributed by atoms with Gasteiger partial charge in [0.1, 0.15) is 17.8 Å². The molecule has 0 aromatic carbocycles. The number of hydrogen-bond donors (Lipinski definition) is 3. The molecule has 33 heavy (non-hydrogen) atoms. The van der Waals surface area contributed by atoms with Crippen molar-refractivity contribution in [3.05, 3.63) is 23.8 Å². The van der Waals surface area contributed by atoms with Crippen molar-refractivity contribution in [3.63, 3.8) is 0 Å². The second-order valence-electron chi connectivity index (χ2n) is 9.83. The molecular weight excluding hydrogens is 432 g/mol. The van der Waals surface area contributed by atoms with E-state index in [-0.39, 0.29) is 12.0 Å². The number of aliphatic hydroxyl groups is 3. The Morgan fingerprint density at radius 3 is 2.33 bits per heavy atom. The number of allylic oxidation sites excluding steroid dienone is 1. The molecule has 0 bridgehead atoms. The molecule has 0 amide bonds. The minimum absolute atomic E-state index is 0.0163. The van der Waals surface area contributed by atoms with Crippen LogP contribution in [0.5, 0.6) is 0 Å². The van der Waals surface area contributed by atoms with Crippen LogP contribution in [0, 0.1) is 17.3 Å². The van der Waals surface area contributed by atoms with E-state index in [1.165, 1.54) is 20.8 Å². The Labute approximate surface area is 193 Å². The van der Waals surface area contributed by atoms with E-state index >= 15 is 0 Å². The molecule has 1 aliphatic heterocycles. The number of carbonyl (C=O) groups excluding carboxylic acids is 3. The van der Waals surface area contributed by atoms with Gasteiger partial charge in [0, 0.05) is 26.2 Å². The lowest BCUT2D eigenvalue weighted by Crippen LogP contribution is -2.66. The predicted molar refractivity (Wildman–Crippen MR) is 115 cm³/mol. The van der Waals surface area contributed by atoms with Crippen molar-refractivity contribution in [1.82, 2.24) is 0 Å². The van der Waals surface area contributed by atoms with E-state index in [2.05, 4.69) is 6.58 Å². The van der Waals surface area contributed by atoms with E-state index in [0.717, 1.165) is 5.57 Å². The molecule has 2 aliphatic carbocycles. The Morgan fingerprint density at radius 2 is 1.76 bits per heavy atom. The van der Waals surface area contributed by atoms with Gasteiger partial charge in [-0.3, -0.25) is 14.4 Å². The molecule has 0 aromatic heterocycles. The molecule has 0 aromatic rings. The average Bonchev–Trinajstić information content (AvgIpc) is 2.92. The van der Waals surface area contributed by atoms with E-state index in [1.807, 2.05) is 0 Å². The van der Waals surface area contributed by atoms with Crippen LogP contribution < -0.4 is 0 Å². The molecule has 1 saturated carbocycles. The predicted octanol–water partition coefficient (Wildman–Crippen LogP) is 1.19. The lowest BCUT2D eigenvalue weighted by Gasteiger charge is -2.55. The first kappa shape index (κ1) is 25.4. The van der Waals surface area contributed by atoms with Crippen molar-refractivity contribution in [2.24, 2.45) is 17.3 Å². The fourth-order valence-corrected chi connectivity index (χ4v) is 5.75. The van der Waals surface area contributed by atoms with Crippen molar-refractivity contribution in [3.8, 4) is 0 Å². The molecule has 1 saturated heterocycles. The minimum Gasteiger partial charge on any atom is -0.462 e. The van der Waals surface area contributed by atoms with Crippen LogP contribution in [-0.2, 0) is 28.6 Å². The second kappa shape index (κ2) is 8.85. The van der Waals surface area contributed by atoms with E-state index < -0.39 is 71.3 Å². The highest BCUT2D eigenvalue weighted by molar-refractivity contribution is 5.77. The van der Waals surface area contributed by atoms with Gasteiger partial charge in [0.05, 0.1) is 23.5 Å². The van der Waals surface area contributed by atoms with Gasteiger partial charge < -0.3 is 29.5 Å². The molecule has 184 valence electrons. The third-order valence-corrected chi connectivity index (χ3v) is 7.71. The summed E-state index contributed by atoms with van der Waals surface area (Å²) in [5.41, 5.74) is -2.35. The van der Waals surface area contributed by atoms with Crippen molar-refractivity contribution < 1.29 is 43.9 Å². The molecule has 3 N–H and O–H groups in total. The van der Waals surface area contributed by atoms with E-state index in [4.69, 9.17) is 14.2 Å². The molecule has 9 heteroatoms. The van der Waals surface area contributed by atoms with Crippen LogP contribution in [0.3, 0.4) is 0 Å². The zero-order valence-electron chi connectivity index (χ0n) is 19.7. The summed E-state index contributed by atoms with van der Waals surface area (Å²) in [5.74, 6) is -4.01. The largest absolute Gasteiger partial charge is 0.462 e. The van der Waals surface area contributed by atoms with E-state index in [9.17, 15) is 29.7 Å². The molecule has 9 atom stereocenters. The van der Waals surface area contributed by atoms with Crippen LogP contribution in [0.25, 0.3) is 0 Å². The number of hydrogen-bond acceptors (Lipinski definition) is 9. The lowest BCUT2D eigenvalue weighted by molar-refractivity contribution is -0.215. The van der Waals surface area contributed by atoms with Crippen LogP contribution in [0.1, 0.15) is 53.9 Å². The summed E-state index contributed by atoms with van der Waals surface area (Å²) in [6, 6.07) is 0. The normalized spacial score (nSPS) is 45.1. The molecule has 0 radical (unpaired) electrons. The minimum atomic E-state index is -2.05. The van der Waals surface area contributed by atoms with Gasteiger partial charge in [0.25, 0.3) is 0 Å². The smallest absolute Gasteiger partial charge is 0.312 e. The second-order valence-corrected chi connectivity index (χ2v) is 9.83. The summed E-state index contributed by atoms with van der Waals surface area (Å²) < 4.78 is 16.7. The van der Waals surface area contributed by atoms with Gasteiger partial charge >= 0.3 is 17.9 Å². The third-order valence-electron chi connectivity index (χ3n) is 7.71. The summed E-state index contributed by atoms with van der Waals surface area (Å²) in [6.07, 6.45) is -3.41. The number of fused-ring (bicyclic) bond motifs is 2. The maximum Gasteiger partial charge on any atom is 0.312 e. The number of aliphatic hydroxyl groups excluding tert-OH is 2. The third kappa shape index (κ3) is 4.11.